The molecule has 1 rings (SSSR count). The van der Waals surface area contributed by atoms with Gasteiger partial charge in [-0.25, -0.2) is 4.79 Å². The van der Waals surface area contributed by atoms with Crippen LogP contribution in [0.2, 0.25) is 25.7 Å². The predicted molar refractivity (Wildman–Crippen MR) is 95.2 cm³/mol. The molecular weight excluding hydrogens is 308 g/mol. The Bertz CT molecular complexity index is 437. The number of esters is 1. The van der Waals surface area contributed by atoms with E-state index >= 15 is 0 Å². The molecule has 1 saturated carbocycles. The molecule has 0 heterocycles. The van der Waals surface area contributed by atoms with Gasteiger partial charge in [0.05, 0.1) is 12.5 Å². The standard InChI is InChI=1S/C18H32O4Si/c1-5-22-18(21)15(13-23(2,3)4)10-7-6-9-14-11-8-12-16(14)17(19)20/h10,14,16H,5-9,11-13H2,1-4H3,(H,19,20)/b15-10+/t14-,16-/m1/s1. The smallest absolute Gasteiger partial charge is 0.333 e. The molecule has 5 heteroatoms. The van der Waals surface area contributed by atoms with Crippen molar-refractivity contribution in [2.24, 2.45) is 11.8 Å². The van der Waals surface area contributed by atoms with Crippen molar-refractivity contribution in [1.29, 1.82) is 0 Å². The highest BCUT2D eigenvalue weighted by atomic mass is 28.3. The maximum Gasteiger partial charge on any atom is 0.333 e. The van der Waals surface area contributed by atoms with Crippen LogP contribution in [0.3, 0.4) is 0 Å². The van der Waals surface area contributed by atoms with E-state index in [4.69, 9.17) is 4.74 Å². The van der Waals surface area contributed by atoms with Gasteiger partial charge in [0.25, 0.3) is 0 Å². The Balaban J connectivity index is 2.53. The highest BCUT2D eigenvalue weighted by Gasteiger charge is 2.32. The van der Waals surface area contributed by atoms with Crippen molar-refractivity contribution in [3.8, 4) is 0 Å². The predicted octanol–water partition coefficient (Wildman–Crippen LogP) is 4.49. The number of carbonyl (C=O) groups is 2. The quantitative estimate of drug-likeness (QED) is 0.291. The number of ether oxygens (including phenoxy) is 1. The van der Waals surface area contributed by atoms with E-state index in [1.807, 2.05) is 13.0 Å². The van der Waals surface area contributed by atoms with Gasteiger partial charge < -0.3 is 9.84 Å². The summed E-state index contributed by atoms with van der Waals surface area (Å²) >= 11 is 0. The molecule has 0 aromatic heterocycles. The number of carboxylic acid groups (broad SMARTS) is 1. The van der Waals surface area contributed by atoms with Crippen LogP contribution in [-0.4, -0.2) is 31.7 Å². The number of carbonyl (C=O) groups excluding carboxylic acids is 1. The summed E-state index contributed by atoms with van der Waals surface area (Å²) in [5.74, 6) is -0.678. The van der Waals surface area contributed by atoms with E-state index in [0.29, 0.717) is 12.5 Å². The fraction of sp³-hybridized carbons (Fsp3) is 0.778. The lowest BCUT2D eigenvalue weighted by molar-refractivity contribution is -0.143. The molecule has 132 valence electrons. The molecular formula is C18H32O4Si. The average Bonchev–Trinajstić information content (AvgIpc) is 2.89. The normalized spacial score (nSPS) is 22.2. The van der Waals surface area contributed by atoms with Crippen molar-refractivity contribution in [3.05, 3.63) is 11.6 Å². The largest absolute Gasteiger partial charge is 0.481 e. The number of unbranched alkanes of at least 4 members (excludes halogenated alkanes) is 1. The molecule has 0 aliphatic heterocycles. The molecule has 1 aliphatic rings. The third kappa shape index (κ3) is 7.33. The lowest BCUT2D eigenvalue weighted by Crippen LogP contribution is -2.23. The van der Waals surface area contributed by atoms with Gasteiger partial charge in [0, 0.05) is 13.6 Å². The molecule has 0 aromatic rings. The lowest BCUT2D eigenvalue weighted by Gasteiger charge is -2.18. The highest BCUT2D eigenvalue weighted by Crippen LogP contribution is 2.35. The molecule has 0 unspecified atom stereocenters. The Morgan fingerprint density at radius 2 is 1.96 bits per heavy atom. The summed E-state index contributed by atoms with van der Waals surface area (Å²) in [5, 5.41) is 9.22. The molecule has 4 nitrogen and oxygen atoms in total. The second-order valence-electron chi connectivity index (χ2n) is 7.75. The Labute approximate surface area is 141 Å². The van der Waals surface area contributed by atoms with Crippen LogP contribution >= 0.6 is 0 Å². The van der Waals surface area contributed by atoms with E-state index in [9.17, 15) is 14.7 Å². The minimum Gasteiger partial charge on any atom is -0.481 e. The summed E-state index contributed by atoms with van der Waals surface area (Å²) in [7, 11) is -1.37. The number of hydrogen-bond acceptors (Lipinski definition) is 3. The Morgan fingerprint density at radius 1 is 1.26 bits per heavy atom. The lowest BCUT2D eigenvalue weighted by atomic mass is 9.91. The van der Waals surface area contributed by atoms with Crippen LogP contribution in [-0.2, 0) is 14.3 Å². The molecule has 0 amide bonds. The first-order valence-corrected chi connectivity index (χ1v) is 12.5. The topological polar surface area (TPSA) is 63.6 Å². The molecule has 1 N–H and O–H groups in total. The Kier molecular flexibility index (Phi) is 8.03. The van der Waals surface area contributed by atoms with Gasteiger partial charge in [-0.3, -0.25) is 4.79 Å². The molecule has 2 atom stereocenters. The maximum absolute atomic E-state index is 12.1. The van der Waals surface area contributed by atoms with Crippen molar-refractivity contribution < 1.29 is 19.4 Å². The third-order valence-electron chi connectivity index (χ3n) is 4.40. The van der Waals surface area contributed by atoms with E-state index in [-0.39, 0.29) is 11.9 Å². The van der Waals surface area contributed by atoms with Crippen LogP contribution in [0.1, 0.15) is 45.4 Å². The Morgan fingerprint density at radius 3 is 2.52 bits per heavy atom. The van der Waals surface area contributed by atoms with Crippen molar-refractivity contribution >= 4 is 20.0 Å². The molecule has 0 bridgehead atoms. The maximum atomic E-state index is 12.1. The summed E-state index contributed by atoms with van der Waals surface area (Å²) in [5.41, 5.74) is 0.812. The summed E-state index contributed by atoms with van der Waals surface area (Å²) < 4.78 is 5.17. The van der Waals surface area contributed by atoms with Crippen molar-refractivity contribution in [1.82, 2.24) is 0 Å². The number of allylic oxidation sites excluding steroid dienone is 1. The summed E-state index contributed by atoms with van der Waals surface area (Å²) in [4.78, 5) is 23.3. The first-order chi connectivity index (χ1) is 10.7. The van der Waals surface area contributed by atoms with Gasteiger partial charge in [0.2, 0.25) is 0 Å². The molecule has 0 saturated heterocycles. The molecule has 1 aliphatic carbocycles. The average molecular weight is 341 g/mol. The van der Waals surface area contributed by atoms with E-state index in [2.05, 4.69) is 19.6 Å². The van der Waals surface area contributed by atoms with E-state index < -0.39 is 14.0 Å². The molecule has 0 radical (unpaired) electrons. The number of aliphatic carboxylic acids is 1. The van der Waals surface area contributed by atoms with Crippen LogP contribution in [0.15, 0.2) is 11.6 Å². The van der Waals surface area contributed by atoms with Gasteiger partial charge in [-0.15, -0.1) is 0 Å². The van der Waals surface area contributed by atoms with Crippen LogP contribution in [0.5, 0.6) is 0 Å². The fourth-order valence-electron chi connectivity index (χ4n) is 3.39. The fourth-order valence-corrected chi connectivity index (χ4v) is 4.82. The van der Waals surface area contributed by atoms with E-state index in [0.717, 1.165) is 50.1 Å². The van der Waals surface area contributed by atoms with Gasteiger partial charge in [-0.05, 0) is 51.0 Å². The summed E-state index contributed by atoms with van der Waals surface area (Å²) in [6.45, 7) is 8.97. The van der Waals surface area contributed by atoms with Gasteiger partial charge in [0.15, 0.2) is 0 Å². The number of carboxylic acids is 1. The minimum atomic E-state index is -1.37. The zero-order chi connectivity index (χ0) is 17.5. The highest BCUT2D eigenvalue weighted by molar-refractivity contribution is 6.77. The number of rotatable bonds is 9. The Hall–Kier alpha value is -1.10. The van der Waals surface area contributed by atoms with E-state index in [1.54, 1.807) is 0 Å². The molecule has 0 spiro atoms. The van der Waals surface area contributed by atoms with Gasteiger partial charge in [-0.2, -0.15) is 0 Å². The second-order valence-corrected chi connectivity index (χ2v) is 13.2. The second kappa shape index (κ2) is 9.26. The molecule has 23 heavy (non-hydrogen) atoms. The summed E-state index contributed by atoms with van der Waals surface area (Å²) in [6.07, 6.45) is 7.63. The van der Waals surface area contributed by atoms with Crippen molar-refractivity contribution in [2.45, 2.75) is 71.1 Å². The molecule has 1 fully saturated rings. The van der Waals surface area contributed by atoms with Crippen LogP contribution in [0.25, 0.3) is 0 Å². The van der Waals surface area contributed by atoms with Crippen LogP contribution < -0.4 is 0 Å². The van der Waals surface area contributed by atoms with Gasteiger partial charge >= 0.3 is 11.9 Å². The monoisotopic (exact) mass is 340 g/mol. The SMILES string of the molecule is CCOC(=O)/C(=C/CCC[C@@H]1CCC[C@H]1C(=O)O)C[Si](C)(C)C. The minimum absolute atomic E-state index is 0.162. The zero-order valence-electron chi connectivity index (χ0n) is 15.1. The van der Waals surface area contributed by atoms with Crippen LogP contribution in [0.4, 0.5) is 0 Å². The first-order valence-electron chi connectivity index (χ1n) is 8.83. The van der Waals surface area contributed by atoms with Gasteiger partial charge in [-0.1, -0.05) is 32.1 Å². The third-order valence-corrected chi connectivity index (χ3v) is 5.85. The van der Waals surface area contributed by atoms with Crippen molar-refractivity contribution in [3.63, 3.8) is 0 Å². The molecule has 0 aromatic carbocycles. The first kappa shape index (κ1) is 19.9. The van der Waals surface area contributed by atoms with Crippen molar-refractivity contribution in [2.75, 3.05) is 6.61 Å². The summed E-state index contributed by atoms with van der Waals surface area (Å²) in [6, 6.07) is 0.840. The van der Waals surface area contributed by atoms with E-state index in [1.165, 1.54) is 0 Å². The number of hydrogen-bond donors (Lipinski definition) is 1. The zero-order valence-corrected chi connectivity index (χ0v) is 16.1. The van der Waals surface area contributed by atoms with Gasteiger partial charge in [0.1, 0.15) is 0 Å². The van der Waals surface area contributed by atoms with Crippen LogP contribution in [0, 0.1) is 11.8 Å².